The lowest BCUT2D eigenvalue weighted by molar-refractivity contribution is -0.432. The van der Waals surface area contributed by atoms with Crippen molar-refractivity contribution in [2.75, 3.05) is 97.4 Å². The number of rotatable bonds is 29. The standard InChI is InChI=1S/C42H58N14O7S2/c1-5-55(6-2)25-12-22-43-37-49-39(45-24-27-57)53-41(50-37)47-33-20-18-30(35(28-33)64-63-62-58)16-17-31-19-21-34(29-36(31)65(59,60)61)48-42-52-38(44-23-13-26-56(7-3)8-4)51-40(54-42)46-32-14-10-9-11-15-32/h9-11,14-21,28-29,57-58H,5-8,12-13,22-27H2,1-4H3,(H,59,60,61)(H3,43,45,47,49,50,53)(H3,44,46,48,51,52,54). The zero-order chi connectivity index (χ0) is 46.4. The highest BCUT2D eigenvalue weighted by molar-refractivity contribution is 7.94. The molecule has 0 saturated heterocycles. The predicted octanol–water partition coefficient (Wildman–Crippen LogP) is 6.82. The summed E-state index contributed by atoms with van der Waals surface area (Å²) in [5, 5.41) is 41.1. The predicted molar refractivity (Wildman–Crippen MR) is 256 cm³/mol. The van der Waals surface area contributed by atoms with E-state index in [-0.39, 0.29) is 53.1 Å². The van der Waals surface area contributed by atoms with Gasteiger partial charge in [-0.3, -0.25) is 4.55 Å². The van der Waals surface area contributed by atoms with E-state index in [1.54, 1.807) is 30.3 Å². The molecule has 0 spiro atoms. The Kier molecular flexibility index (Phi) is 20.3. The van der Waals surface area contributed by atoms with Crippen molar-refractivity contribution in [3.8, 4) is 0 Å². The molecule has 0 bridgehead atoms. The maximum Gasteiger partial charge on any atom is 0.295 e. The third-order valence-corrected chi connectivity index (χ3v) is 11.3. The molecule has 21 nitrogen and oxygen atoms in total. The lowest BCUT2D eigenvalue weighted by Crippen LogP contribution is -2.25. The summed E-state index contributed by atoms with van der Waals surface area (Å²) in [6.45, 7) is 15.5. The van der Waals surface area contributed by atoms with Crippen LogP contribution in [0.15, 0.2) is 76.5 Å². The van der Waals surface area contributed by atoms with Gasteiger partial charge >= 0.3 is 0 Å². The first-order valence-electron chi connectivity index (χ1n) is 21.3. The molecule has 0 aliphatic rings. The molecule has 350 valence electrons. The Labute approximate surface area is 383 Å². The fraction of sp³-hybridized carbons (Fsp3) is 0.381. The van der Waals surface area contributed by atoms with Crippen molar-refractivity contribution in [2.24, 2.45) is 0 Å². The fourth-order valence-corrected chi connectivity index (χ4v) is 7.57. The molecular formula is C42H58N14O7S2. The Balaban J connectivity index is 1.36. The number of hydrogen-bond acceptors (Lipinski definition) is 21. The molecule has 0 amide bonds. The normalized spacial score (nSPS) is 11.6. The number of nitrogens with zero attached hydrogens (tertiary/aromatic N) is 8. The summed E-state index contributed by atoms with van der Waals surface area (Å²) in [7, 11) is -4.74. The quantitative estimate of drug-likeness (QED) is 0.00594. The van der Waals surface area contributed by atoms with Crippen molar-refractivity contribution in [3.63, 3.8) is 0 Å². The summed E-state index contributed by atoms with van der Waals surface area (Å²) in [5.41, 5.74) is 2.25. The van der Waals surface area contributed by atoms with Gasteiger partial charge in [0.05, 0.1) is 18.6 Å². The highest BCUT2D eigenvalue weighted by Gasteiger charge is 2.17. The summed E-state index contributed by atoms with van der Waals surface area (Å²) in [4.78, 5) is 31.7. The number of nitrogens with one attached hydrogen (secondary N) is 6. The van der Waals surface area contributed by atoms with E-state index in [1.807, 2.05) is 30.3 Å². The fourth-order valence-electron chi connectivity index (χ4n) is 6.35. The van der Waals surface area contributed by atoms with E-state index in [1.165, 1.54) is 18.2 Å². The van der Waals surface area contributed by atoms with Crippen LogP contribution < -0.4 is 31.9 Å². The molecule has 9 N–H and O–H groups in total. The van der Waals surface area contributed by atoms with Gasteiger partial charge in [-0.2, -0.15) is 38.3 Å². The third-order valence-electron chi connectivity index (χ3n) is 9.77. The second-order valence-electron chi connectivity index (χ2n) is 14.2. The van der Waals surface area contributed by atoms with Crippen LogP contribution in [0.3, 0.4) is 0 Å². The van der Waals surface area contributed by atoms with Gasteiger partial charge in [-0.1, -0.05) is 75.2 Å². The average molecular weight is 935 g/mol. The van der Waals surface area contributed by atoms with Gasteiger partial charge in [0.25, 0.3) is 10.1 Å². The van der Waals surface area contributed by atoms with Crippen LogP contribution in [0.2, 0.25) is 0 Å². The van der Waals surface area contributed by atoms with E-state index < -0.39 is 10.1 Å². The molecule has 0 radical (unpaired) electrons. The Bertz CT molecular complexity index is 2380. The number of aliphatic hydroxyl groups excluding tert-OH is 1. The highest BCUT2D eigenvalue weighted by atomic mass is 32.2. The van der Waals surface area contributed by atoms with Crippen LogP contribution in [0.4, 0.5) is 52.8 Å². The SMILES string of the molecule is CCN(CC)CCCNc1nc(NCCO)nc(Nc2ccc(C=Cc3ccc(Nc4nc(NCCCN(CC)CC)nc(Nc5ccccc5)n4)cc3S(=O)(=O)O)c(SOOO)c2)n1. The Hall–Kier alpha value is -5.76. The number of aromatic nitrogens is 6. The first-order chi connectivity index (χ1) is 31.5. The molecule has 0 atom stereocenters. The van der Waals surface area contributed by atoms with Gasteiger partial charge < -0.3 is 46.8 Å². The van der Waals surface area contributed by atoms with Crippen LogP contribution >= 0.6 is 12.0 Å². The number of benzene rings is 3. The topological polar surface area (TPSA) is 269 Å². The molecule has 5 aromatic rings. The smallest absolute Gasteiger partial charge is 0.295 e. The number of aliphatic hydroxyl groups is 1. The minimum Gasteiger partial charge on any atom is -0.395 e. The summed E-state index contributed by atoms with van der Waals surface area (Å²) in [6, 6.07) is 18.9. The second-order valence-corrected chi connectivity index (χ2v) is 16.3. The zero-order valence-corrected chi connectivity index (χ0v) is 38.5. The molecule has 0 saturated carbocycles. The van der Waals surface area contributed by atoms with Gasteiger partial charge in [0.1, 0.15) is 4.90 Å². The van der Waals surface area contributed by atoms with Gasteiger partial charge in [-0.05, 0) is 99.6 Å². The van der Waals surface area contributed by atoms with Crippen LogP contribution in [0, 0.1) is 0 Å². The summed E-state index contributed by atoms with van der Waals surface area (Å²) in [5.74, 6) is 1.49. The average Bonchev–Trinajstić information content (AvgIpc) is 3.30. The van der Waals surface area contributed by atoms with E-state index in [0.29, 0.717) is 53.2 Å². The van der Waals surface area contributed by atoms with Crippen molar-refractivity contribution in [2.45, 2.75) is 50.3 Å². The lowest BCUT2D eigenvalue weighted by Gasteiger charge is -2.18. The first-order valence-corrected chi connectivity index (χ1v) is 23.5. The number of hydrogen-bond donors (Lipinski definition) is 9. The van der Waals surface area contributed by atoms with Crippen LogP contribution in [-0.2, 0) is 19.5 Å². The van der Waals surface area contributed by atoms with Crippen molar-refractivity contribution in [1.29, 1.82) is 0 Å². The number of para-hydroxylation sites is 1. The van der Waals surface area contributed by atoms with Crippen LogP contribution in [0.25, 0.3) is 12.2 Å². The zero-order valence-electron chi connectivity index (χ0n) is 36.9. The molecule has 0 fully saturated rings. The maximum atomic E-state index is 12.8. The number of anilines is 9. The maximum absolute atomic E-state index is 12.8. The van der Waals surface area contributed by atoms with E-state index >= 15 is 0 Å². The molecule has 23 heteroatoms. The minimum atomic E-state index is -4.74. The molecule has 0 unspecified atom stereocenters. The molecule has 65 heavy (non-hydrogen) atoms. The molecule has 2 aromatic heterocycles. The Morgan fingerprint density at radius 1 is 0.615 bits per heavy atom. The summed E-state index contributed by atoms with van der Waals surface area (Å²) >= 11 is 0.687. The van der Waals surface area contributed by atoms with Crippen LogP contribution in [0.1, 0.15) is 51.7 Å². The van der Waals surface area contributed by atoms with Gasteiger partial charge in [-0.15, -0.1) is 4.33 Å². The lowest BCUT2D eigenvalue weighted by atomic mass is 10.1. The van der Waals surface area contributed by atoms with Gasteiger partial charge in [-0.25, -0.2) is 5.26 Å². The largest absolute Gasteiger partial charge is 0.395 e. The molecular weight excluding hydrogens is 877 g/mol. The molecule has 2 heterocycles. The first kappa shape index (κ1) is 50.2. The second kappa shape index (κ2) is 26.3. The molecule has 5 rings (SSSR count). The minimum absolute atomic E-state index is 0.123. The van der Waals surface area contributed by atoms with Gasteiger partial charge in [0.15, 0.2) is 0 Å². The van der Waals surface area contributed by atoms with Crippen molar-refractivity contribution in [3.05, 3.63) is 77.9 Å². The van der Waals surface area contributed by atoms with Crippen LogP contribution in [-0.4, -0.2) is 129 Å². The van der Waals surface area contributed by atoms with Gasteiger partial charge in [0.2, 0.25) is 35.7 Å². The third kappa shape index (κ3) is 16.6. The van der Waals surface area contributed by atoms with E-state index in [9.17, 15) is 18.1 Å². The Morgan fingerprint density at radius 2 is 1.08 bits per heavy atom. The van der Waals surface area contributed by atoms with Crippen molar-refractivity contribution >= 4 is 87.1 Å². The van der Waals surface area contributed by atoms with E-state index in [4.69, 9.17) is 9.59 Å². The summed E-state index contributed by atoms with van der Waals surface area (Å²) < 4.78 is 40.7. The Morgan fingerprint density at radius 3 is 1.58 bits per heavy atom. The molecule has 0 aliphatic heterocycles. The van der Waals surface area contributed by atoms with E-state index in [2.05, 4.69) is 104 Å². The van der Waals surface area contributed by atoms with Crippen molar-refractivity contribution < 1.29 is 32.7 Å². The van der Waals surface area contributed by atoms with Crippen molar-refractivity contribution in [1.82, 2.24) is 39.7 Å². The van der Waals surface area contributed by atoms with Gasteiger partial charge in [0, 0.05) is 41.6 Å². The molecule has 0 aliphatic carbocycles. The van der Waals surface area contributed by atoms with Crippen LogP contribution in [0.5, 0.6) is 0 Å². The molecule has 3 aromatic carbocycles. The van der Waals surface area contributed by atoms with E-state index in [0.717, 1.165) is 57.8 Å². The highest BCUT2D eigenvalue weighted by Crippen LogP contribution is 2.31. The monoisotopic (exact) mass is 934 g/mol. The summed E-state index contributed by atoms with van der Waals surface area (Å²) in [6.07, 6.45) is 4.84.